The van der Waals surface area contributed by atoms with E-state index in [1.54, 1.807) is 19.3 Å². The Balaban J connectivity index is 1.68. The molecule has 1 atom stereocenters. The van der Waals surface area contributed by atoms with Crippen LogP contribution in [0.5, 0.6) is 0 Å². The molecule has 0 aliphatic carbocycles. The highest BCUT2D eigenvalue weighted by Gasteiger charge is 2.20. The number of furan rings is 1. The standard InChI is InChI=1S/C18H19N3O3S/c1-10-6-5-7-11(2)15(10)19-16(22)13(4)25-18-21-20-17(24-18)14-8-9-23-12(14)3/h5-9,13H,1-4H3,(H,19,22)/t13-/m1/s1. The Morgan fingerprint density at radius 3 is 2.52 bits per heavy atom. The lowest BCUT2D eigenvalue weighted by Gasteiger charge is -2.14. The number of hydrogen-bond acceptors (Lipinski definition) is 6. The van der Waals surface area contributed by atoms with Gasteiger partial charge in [-0.05, 0) is 44.9 Å². The van der Waals surface area contributed by atoms with Gasteiger partial charge in [0.25, 0.3) is 11.1 Å². The molecule has 0 aliphatic heterocycles. The molecule has 0 radical (unpaired) electrons. The smallest absolute Gasteiger partial charge is 0.277 e. The number of nitrogens with one attached hydrogen (secondary N) is 1. The molecule has 6 nitrogen and oxygen atoms in total. The zero-order valence-electron chi connectivity index (χ0n) is 14.5. The van der Waals surface area contributed by atoms with Crippen molar-refractivity contribution in [2.45, 2.75) is 38.2 Å². The van der Waals surface area contributed by atoms with Crippen molar-refractivity contribution >= 4 is 23.4 Å². The van der Waals surface area contributed by atoms with E-state index in [2.05, 4.69) is 15.5 Å². The number of thioether (sulfide) groups is 1. The van der Waals surface area contributed by atoms with Crippen LogP contribution in [0.2, 0.25) is 0 Å². The first-order valence-electron chi connectivity index (χ1n) is 7.87. The molecule has 3 aromatic rings. The molecule has 1 aromatic carbocycles. The van der Waals surface area contributed by atoms with Crippen molar-refractivity contribution in [3.8, 4) is 11.5 Å². The van der Waals surface area contributed by atoms with Gasteiger partial charge in [0.1, 0.15) is 5.76 Å². The highest BCUT2D eigenvalue weighted by Crippen LogP contribution is 2.29. The van der Waals surface area contributed by atoms with Crippen molar-refractivity contribution in [3.05, 3.63) is 47.4 Å². The Hall–Kier alpha value is -2.54. The fraction of sp³-hybridized carbons (Fsp3) is 0.278. The molecule has 0 aliphatic rings. The fourth-order valence-corrected chi connectivity index (χ4v) is 3.10. The highest BCUT2D eigenvalue weighted by molar-refractivity contribution is 8.00. The fourth-order valence-electron chi connectivity index (χ4n) is 2.41. The molecule has 0 saturated heterocycles. The first-order valence-corrected chi connectivity index (χ1v) is 8.75. The van der Waals surface area contributed by atoms with Crippen LogP contribution in [0.3, 0.4) is 0 Å². The first-order chi connectivity index (χ1) is 12.0. The number of carbonyl (C=O) groups is 1. The van der Waals surface area contributed by atoms with E-state index in [9.17, 15) is 4.79 Å². The maximum atomic E-state index is 12.5. The number of aromatic nitrogens is 2. The van der Waals surface area contributed by atoms with Gasteiger partial charge >= 0.3 is 0 Å². The summed E-state index contributed by atoms with van der Waals surface area (Å²) in [6.45, 7) is 7.57. The van der Waals surface area contributed by atoms with Crippen LogP contribution in [-0.2, 0) is 4.79 Å². The summed E-state index contributed by atoms with van der Waals surface area (Å²) in [5.74, 6) is 0.985. The van der Waals surface area contributed by atoms with Crippen LogP contribution in [-0.4, -0.2) is 21.4 Å². The lowest BCUT2D eigenvalue weighted by atomic mass is 10.1. The molecule has 0 saturated carbocycles. The summed E-state index contributed by atoms with van der Waals surface area (Å²) in [6.07, 6.45) is 1.57. The predicted octanol–water partition coefficient (Wildman–Crippen LogP) is 4.37. The third-order valence-electron chi connectivity index (χ3n) is 3.87. The van der Waals surface area contributed by atoms with Crippen LogP contribution < -0.4 is 5.32 Å². The van der Waals surface area contributed by atoms with E-state index in [1.807, 2.05) is 39.0 Å². The van der Waals surface area contributed by atoms with Crippen molar-refractivity contribution in [1.82, 2.24) is 10.2 Å². The van der Waals surface area contributed by atoms with E-state index in [4.69, 9.17) is 8.83 Å². The number of aryl methyl sites for hydroxylation is 3. The average Bonchev–Trinajstić information content (AvgIpc) is 3.19. The van der Waals surface area contributed by atoms with Gasteiger partial charge in [-0.2, -0.15) is 0 Å². The van der Waals surface area contributed by atoms with Crippen LogP contribution in [0.15, 0.2) is 44.6 Å². The van der Waals surface area contributed by atoms with Crippen molar-refractivity contribution in [2.75, 3.05) is 5.32 Å². The highest BCUT2D eigenvalue weighted by atomic mass is 32.2. The summed E-state index contributed by atoms with van der Waals surface area (Å²) in [7, 11) is 0. The number of rotatable bonds is 5. The topological polar surface area (TPSA) is 81.2 Å². The second kappa shape index (κ2) is 7.14. The normalized spacial score (nSPS) is 12.2. The maximum Gasteiger partial charge on any atom is 0.277 e. The second-order valence-electron chi connectivity index (χ2n) is 5.78. The Morgan fingerprint density at radius 1 is 1.16 bits per heavy atom. The molecule has 3 rings (SSSR count). The third-order valence-corrected chi connectivity index (χ3v) is 4.81. The minimum absolute atomic E-state index is 0.110. The average molecular weight is 357 g/mol. The van der Waals surface area contributed by atoms with E-state index in [1.165, 1.54) is 11.8 Å². The monoisotopic (exact) mass is 357 g/mol. The van der Waals surface area contributed by atoms with Crippen LogP contribution in [0.1, 0.15) is 23.8 Å². The van der Waals surface area contributed by atoms with Crippen LogP contribution in [0.4, 0.5) is 5.69 Å². The summed E-state index contributed by atoms with van der Waals surface area (Å²) in [5.41, 5.74) is 3.66. The van der Waals surface area contributed by atoms with E-state index < -0.39 is 0 Å². The van der Waals surface area contributed by atoms with Gasteiger partial charge in [-0.3, -0.25) is 4.79 Å². The summed E-state index contributed by atoms with van der Waals surface area (Å²) >= 11 is 1.22. The molecule has 25 heavy (non-hydrogen) atoms. The van der Waals surface area contributed by atoms with E-state index >= 15 is 0 Å². The Morgan fingerprint density at radius 2 is 1.88 bits per heavy atom. The number of para-hydroxylation sites is 1. The number of carbonyl (C=O) groups excluding carboxylic acids is 1. The van der Waals surface area contributed by atoms with Crippen LogP contribution >= 0.6 is 11.8 Å². The van der Waals surface area contributed by atoms with E-state index in [0.717, 1.165) is 22.4 Å². The van der Waals surface area contributed by atoms with Crippen molar-refractivity contribution in [2.24, 2.45) is 0 Å². The SMILES string of the molecule is Cc1cccc(C)c1NC(=O)[C@@H](C)Sc1nnc(-c2ccoc2C)o1. The van der Waals surface area contributed by atoms with Crippen LogP contribution in [0, 0.1) is 20.8 Å². The van der Waals surface area contributed by atoms with E-state index in [0.29, 0.717) is 16.9 Å². The van der Waals surface area contributed by atoms with Crippen LogP contribution in [0.25, 0.3) is 11.5 Å². The molecule has 0 spiro atoms. The molecule has 0 fully saturated rings. The molecular formula is C18H19N3O3S. The zero-order chi connectivity index (χ0) is 18.0. The Labute approximate surface area is 150 Å². The molecular weight excluding hydrogens is 338 g/mol. The number of anilines is 1. The molecule has 1 N–H and O–H groups in total. The molecule has 130 valence electrons. The van der Waals surface area contributed by atoms with Crippen molar-refractivity contribution in [1.29, 1.82) is 0 Å². The lowest BCUT2D eigenvalue weighted by Crippen LogP contribution is -2.23. The molecule has 0 bridgehead atoms. The Kier molecular flexibility index (Phi) is 4.94. The largest absolute Gasteiger partial charge is 0.469 e. The van der Waals surface area contributed by atoms with Gasteiger partial charge in [0.2, 0.25) is 5.91 Å². The minimum atomic E-state index is -0.377. The molecule has 2 aromatic heterocycles. The van der Waals surface area contributed by atoms with Gasteiger partial charge in [0, 0.05) is 5.69 Å². The molecule has 1 amide bonds. The predicted molar refractivity (Wildman–Crippen MR) is 96.6 cm³/mol. The maximum absolute atomic E-state index is 12.5. The summed E-state index contributed by atoms with van der Waals surface area (Å²) in [6, 6.07) is 7.68. The lowest BCUT2D eigenvalue weighted by molar-refractivity contribution is -0.115. The van der Waals surface area contributed by atoms with Gasteiger partial charge in [-0.15, -0.1) is 10.2 Å². The summed E-state index contributed by atoms with van der Waals surface area (Å²) in [4.78, 5) is 12.5. The van der Waals surface area contributed by atoms with Gasteiger partial charge in [0.05, 0.1) is 17.1 Å². The zero-order valence-corrected chi connectivity index (χ0v) is 15.3. The first kappa shape index (κ1) is 17.3. The van der Waals surface area contributed by atoms with Gasteiger partial charge in [0.15, 0.2) is 0 Å². The number of hydrogen-bond donors (Lipinski definition) is 1. The van der Waals surface area contributed by atoms with Gasteiger partial charge < -0.3 is 14.2 Å². The van der Waals surface area contributed by atoms with Gasteiger partial charge in [-0.1, -0.05) is 30.0 Å². The summed E-state index contributed by atoms with van der Waals surface area (Å²) < 4.78 is 10.9. The van der Waals surface area contributed by atoms with E-state index in [-0.39, 0.29) is 11.2 Å². The second-order valence-corrected chi connectivity index (χ2v) is 7.07. The minimum Gasteiger partial charge on any atom is -0.469 e. The third kappa shape index (κ3) is 3.76. The van der Waals surface area contributed by atoms with Crippen molar-refractivity contribution in [3.63, 3.8) is 0 Å². The van der Waals surface area contributed by atoms with Crippen molar-refractivity contribution < 1.29 is 13.6 Å². The molecule has 0 unspecified atom stereocenters. The number of nitrogens with zero attached hydrogens (tertiary/aromatic N) is 2. The number of amides is 1. The summed E-state index contributed by atoms with van der Waals surface area (Å²) in [5, 5.41) is 11.0. The quantitative estimate of drug-likeness (QED) is 0.683. The molecule has 7 heteroatoms. The Bertz CT molecular complexity index is 880. The van der Waals surface area contributed by atoms with Gasteiger partial charge in [-0.25, -0.2) is 0 Å². The molecule has 2 heterocycles. The number of benzene rings is 1.